The number of nitrogen functional groups attached to an aromatic ring is 1. The summed E-state index contributed by atoms with van der Waals surface area (Å²) in [6.07, 6.45) is 7.86. The monoisotopic (exact) mass is 338 g/mol. The molecule has 1 aromatic heterocycles. The fourth-order valence-corrected chi connectivity index (χ4v) is 4.57. The number of piperidine rings is 1. The Labute approximate surface area is 148 Å². The van der Waals surface area contributed by atoms with E-state index in [1.807, 2.05) is 30.3 Å². The molecule has 2 fully saturated rings. The molecule has 25 heavy (non-hydrogen) atoms. The zero-order valence-corrected chi connectivity index (χ0v) is 14.9. The number of aromatic nitrogens is 2. The minimum atomic E-state index is -0.0742. The Morgan fingerprint density at radius 2 is 1.68 bits per heavy atom. The molecule has 2 heterocycles. The summed E-state index contributed by atoms with van der Waals surface area (Å²) in [4.78, 5) is 19.8. The highest BCUT2D eigenvalue weighted by Crippen LogP contribution is 2.46. The lowest BCUT2D eigenvalue weighted by Gasteiger charge is -2.40. The summed E-state index contributed by atoms with van der Waals surface area (Å²) in [6.45, 7) is 1.93. The molecule has 4 rings (SSSR count). The quantitative estimate of drug-likeness (QED) is 0.913. The van der Waals surface area contributed by atoms with Crippen molar-refractivity contribution in [1.82, 2.24) is 9.55 Å². The Kier molecular flexibility index (Phi) is 4.02. The van der Waals surface area contributed by atoms with Crippen molar-refractivity contribution in [2.45, 2.75) is 38.5 Å². The van der Waals surface area contributed by atoms with Gasteiger partial charge < -0.3 is 10.6 Å². The van der Waals surface area contributed by atoms with E-state index in [-0.39, 0.29) is 5.56 Å². The second kappa shape index (κ2) is 6.21. The second-order valence-corrected chi connectivity index (χ2v) is 7.60. The van der Waals surface area contributed by atoms with Crippen LogP contribution in [0.2, 0.25) is 0 Å². The third-order valence-corrected chi connectivity index (χ3v) is 6.13. The first-order valence-corrected chi connectivity index (χ1v) is 9.27. The zero-order chi connectivity index (χ0) is 17.4. The van der Waals surface area contributed by atoms with Crippen LogP contribution in [0.15, 0.2) is 35.1 Å². The minimum Gasteiger partial charge on any atom is -0.383 e. The number of hydrogen-bond donors (Lipinski definition) is 1. The van der Waals surface area contributed by atoms with Crippen molar-refractivity contribution in [2.75, 3.05) is 23.7 Å². The topological polar surface area (TPSA) is 64.2 Å². The van der Waals surface area contributed by atoms with Crippen molar-refractivity contribution in [3.8, 4) is 11.1 Å². The summed E-state index contributed by atoms with van der Waals surface area (Å²) in [6, 6.07) is 9.55. The van der Waals surface area contributed by atoms with Crippen LogP contribution in [0.4, 0.5) is 11.8 Å². The van der Waals surface area contributed by atoms with Gasteiger partial charge in [0.2, 0.25) is 5.95 Å². The first-order chi connectivity index (χ1) is 12.1. The Morgan fingerprint density at radius 1 is 1.04 bits per heavy atom. The van der Waals surface area contributed by atoms with E-state index in [1.165, 1.54) is 38.5 Å². The highest BCUT2D eigenvalue weighted by atomic mass is 16.1. The minimum absolute atomic E-state index is 0.0742. The molecule has 5 nitrogen and oxygen atoms in total. The van der Waals surface area contributed by atoms with Crippen LogP contribution in [0.3, 0.4) is 0 Å². The van der Waals surface area contributed by atoms with E-state index in [1.54, 1.807) is 11.6 Å². The lowest BCUT2D eigenvalue weighted by molar-refractivity contribution is 0.225. The smallest absolute Gasteiger partial charge is 0.264 e. The fraction of sp³-hybridized carbons (Fsp3) is 0.500. The molecule has 0 unspecified atom stereocenters. The third kappa shape index (κ3) is 2.81. The molecule has 0 atom stereocenters. The molecule has 132 valence electrons. The predicted octanol–water partition coefficient (Wildman–Crippen LogP) is 3.19. The van der Waals surface area contributed by atoms with Crippen molar-refractivity contribution in [3.05, 3.63) is 40.7 Å². The van der Waals surface area contributed by atoms with E-state index in [0.717, 1.165) is 18.7 Å². The molecule has 0 amide bonds. The maximum Gasteiger partial charge on any atom is 0.264 e. The van der Waals surface area contributed by atoms with Gasteiger partial charge in [-0.3, -0.25) is 9.36 Å². The van der Waals surface area contributed by atoms with Crippen molar-refractivity contribution >= 4 is 11.8 Å². The summed E-state index contributed by atoms with van der Waals surface area (Å²) < 4.78 is 1.66. The lowest BCUT2D eigenvalue weighted by atomic mass is 9.77. The van der Waals surface area contributed by atoms with Crippen LogP contribution in [-0.4, -0.2) is 22.6 Å². The first-order valence-electron chi connectivity index (χ1n) is 9.27. The Hall–Kier alpha value is -2.30. The molecule has 2 aliphatic rings. The number of nitrogens with two attached hydrogens (primary N) is 1. The molecular formula is C20H26N4O. The summed E-state index contributed by atoms with van der Waals surface area (Å²) >= 11 is 0. The maximum absolute atomic E-state index is 12.9. The Bertz CT molecular complexity index is 812. The highest BCUT2D eigenvalue weighted by Gasteiger charge is 2.37. The van der Waals surface area contributed by atoms with E-state index < -0.39 is 0 Å². The van der Waals surface area contributed by atoms with E-state index >= 15 is 0 Å². The Balaban J connectivity index is 1.65. The zero-order valence-electron chi connectivity index (χ0n) is 14.9. The summed E-state index contributed by atoms with van der Waals surface area (Å²) in [5.74, 6) is 1.03. The van der Waals surface area contributed by atoms with Gasteiger partial charge in [-0.1, -0.05) is 43.2 Å². The molecule has 2 aromatic rings. The van der Waals surface area contributed by atoms with Gasteiger partial charge in [0.25, 0.3) is 5.56 Å². The van der Waals surface area contributed by atoms with Crippen LogP contribution in [0.25, 0.3) is 11.1 Å². The lowest BCUT2D eigenvalue weighted by Crippen LogP contribution is -2.42. The van der Waals surface area contributed by atoms with Gasteiger partial charge in [0, 0.05) is 20.1 Å². The van der Waals surface area contributed by atoms with Gasteiger partial charge in [-0.05, 0) is 36.7 Å². The van der Waals surface area contributed by atoms with Gasteiger partial charge in [0.1, 0.15) is 5.82 Å². The van der Waals surface area contributed by atoms with Crippen LogP contribution in [0.1, 0.15) is 38.5 Å². The molecule has 0 radical (unpaired) electrons. The highest BCUT2D eigenvalue weighted by molar-refractivity contribution is 5.73. The maximum atomic E-state index is 12.9. The molecule has 5 heteroatoms. The van der Waals surface area contributed by atoms with E-state index in [9.17, 15) is 4.79 Å². The summed E-state index contributed by atoms with van der Waals surface area (Å²) in [5, 5.41) is 0. The largest absolute Gasteiger partial charge is 0.383 e. The average Bonchev–Trinajstić information content (AvgIpc) is 3.08. The molecule has 1 spiro atoms. The van der Waals surface area contributed by atoms with Crippen LogP contribution < -0.4 is 16.2 Å². The van der Waals surface area contributed by atoms with Gasteiger partial charge in [-0.2, -0.15) is 4.98 Å². The van der Waals surface area contributed by atoms with E-state index in [0.29, 0.717) is 22.7 Å². The standard InChI is InChI=1S/C20H26N4O/c1-23-18(25)16(15-7-3-2-4-8-15)17(21)22-19(23)24-13-11-20(12-14-24)9-5-6-10-20/h2-4,7-8H,5-6,9-14,21H2,1H3. The predicted molar refractivity (Wildman–Crippen MR) is 102 cm³/mol. The molecule has 1 aliphatic heterocycles. The van der Waals surface area contributed by atoms with Crippen molar-refractivity contribution in [3.63, 3.8) is 0 Å². The molecule has 1 saturated carbocycles. The SMILES string of the molecule is Cn1c(N2CCC3(CCCC3)CC2)nc(N)c(-c2ccccc2)c1=O. The number of anilines is 2. The van der Waals surface area contributed by atoms with Gasteiger partial charge in [-0.15, -0.1) is 0 Å². The van der Waals surface area contributed by atoms with Crippen molar-refractivity contribution in [1.29, 1.82) is 0 Å². The van der Waals surface area contributed by atoms with Gasteiger partial charge in [0.15, 0.2) is 0 Å². The van der Waals surface area contributed by atoms with Gasteiger partial charge in [0.05, 0.1) is 5.56 Å². The van der Waals surface area contributed by atoms with Crippen LogP contribution in [-0.2, 0) is 7.05 Å². The third-order valence-electron chi connectivity index (χ3n) is 6.13. The number of rotatable bonds is 2. The fourth-order valence-electron chi connectivity index (χ4n) is 4.57. The van der Waals surface area contributed by atoms with Crippen LogP contribution >= 0.6 is 0 Å². The molecule has 1 aromatic carbocycles. The molecule has 1 saturated heterocycles. The Morgan fingerprint density at radius 3 is 2.32 bits per heavy atom. The molecule has 1 aliphatic carbocycles. The number of hydrogen-bond acceptors (Lipinski definition) is 4. The van der Waals surface area contributed by atoms with Crippen molar-refractivity contribution < 1.29 is 0 Å². The summed E-state index contributed by atoms with van der Waals surface area (Å²) in [5.41, 5.74) is 7.99. The number of benzene rings is 1. The second-order valence-electron chi connectivity index (χ2n) is 7.60. The normalized spacial score (nSPS) is 19.5. The molecule has 0 bridgehead atoms. The first kappa shape index (κ1) is 16.2. The van der Waals surface area contributed by atoms with Gasteiger partial charge in [-0.25, -0.2) is 0 Å². The van der Waals surface area contributed by atoms with Crippen LogP contribution in [0, 0.1) is 5.41 Å². The van der Waals surface area contributed by atoms with Crippen LogP contribution in [0.5, 0.6) is 0 Å². The summed E-state index contributed by atoms with van der Waals surface area (Å²) in [7, 11) is 1.80. The van der Waals surface area contributed by atoms with Crippen molar-refractivity contribution in [2.24, 2.45) is 12.5 Å². The van der Waals surface area contributed by atoms with Gasteiger partial charge >= 0.3 is 0 Å². The molecular weight excluding hydrogens is 312 g/mol. The van der Waals surface area contributed by atoms with E-state index in [4.69, 9.17) is 5.73 Å². The van der Waals surface area contributed by atoms with E-state index in [2.05, 4.69) is 9.88 Å². The molecule has 2 N–H and O–H groups in total. The average molecular weight is 338 g/mol. The number of nitrogens with zero attached hydrogens (tertiary/aromatic N) is 3.